The van der Waals surface area contributed by atoms with Gasteiger partial charge in [0.05, 0.1) is 12.7 Å². The summed E-state index contributed by atoms with van der Waals surface area (Å²) in [4.78, 5) is 29.4. The molecule has 0 bridgehead atoms. The number of para-hydroxylation sites is 1. The fourth-order valence-corrected chi connectivity index (χ4v) is 4.00. The molecule has 9 nitrogen and oxygen atoms in total. The third-order valence-corrected chi connectivity index (χ3v) is 5.78. The zero-order valence-electron chi connectivity index (χ0n) is 19.2. The van der Waals surface area contributed by atoms with Gasteiger partial charge < -0.3 is 19.5 Å². The fraction of sp³-hybridized carbons (Fsp3) is 0.375. The Kier molecular flexibility index (Phi) is 7.71. The Hall–Kier alpha value is -3.50. The van der Waals surface area contributed by atoms with Crippen LogP contribution in [0.3, 0.4) is 0 Å². The number of halogens is 1. The molecule has 3 heterocycles. The van der Waals surface area contributed by atoms with E-state index < -0.39 is 5.82 Å². The van der Waals surface area contributed by atoms with Gasteiger partial charge >= 0.3 is 0 Å². The predicted molar refractivity (Wildman–Crippen MR) is 125 cm³/mol. The minimum atomic E-state index is -0.424. The number of piperazine rings is 1. The zero-order valence-corrected chi connectivity index (χ0v) is 19.2. The summed E-state index contributed by atoms with van der Waals surface area (Å²) in [6.07, 6.45) is 5.86. The number of methoxy groups -OCH3 is 1. The normalized spacial score (nSPS) is 14.4. The minimum absolute atomic E-state index is 0.0306. The van der Waals surface area contributed by atoms with Crippen molar-refractivity contribution in [1.82, 2.24) is 29.5 Å². The average molecular weight is 469 g/mol. The number of amides is 2. The number of rotatable bonds is 9. The predicted octanol–water partition coefficient (Wildman–Crippen LogP) is 1.71. The Bertz CT molecular complexity index is 1110. The molecular weight excluding hydrogens is 439 g/mol. The van der Waals surface area contributed by atoms with Gasteiger partial charge in [-0.25, -0.2) is 9.07 Å². The average Bonchev–Trinajstić information content (AvgIpc) is 3.52. The first-order valence-electron chi connectivity index (χ1n) is 11.3. The van der Waals surface area contributed by atoms with Gasteiger partial charge in [0.1, 0.15) is 17.1 Å². The molecule has 0 atom stereocenters. The second-order valence-corrected chi connectivity index (χ2v) is 8.10. The highest BCUT2D eigenvalue weighted by Crippen LogP contribution is 2.23. The number of ether oxygens (including phenoxy) is 1. The molecular formula is C24H29FN6O3. The van der Waals surface area contributed by atoms with Gasteiger partial charge in [0.25, 0.3) is 5.91 Å². The Morgan fingerprint density at radius 1 is 1.09 bits per heavy atom. The number of carbonyl (C=O) groups is 2. The van der Waals surface area contributed by atoms with E-state index in [4.69, 9.17) is 4.74 Å². The zero-order chi connectivity index (χ0) is 23.9. The van der Waals surface area contributed by atoms with E-state index in [1.165, 1.54) is 16.9 Å². The largest absolute Gasteiger partial charge is 0.385 e. The summed E-state index contributed by atoms with van der Waals surface area (Å²) >= 11 is 0. The topological polar surface area (TPSA) is 84.6 Å². The summed E-state index contributed by atoms with van der Waals surface area (Å²) in [5.41, 5.74) is 0.662. The molecule has 1 N–H and O–H groups in total. The van der Waals surface area contributed by atoms with Crippen LogP contribution in [-0.2, 0) is 9.53 Å². The summed E-state index contributed by atoms with van der Waals surface area (Å²) in [5.74, 6) is -0.142. The Balaban J connectivity index is 1.44. The maximum Gasteiger partial charge on any atom is 0.259 e. The second kappa shape index (κ2) is 11.1. The first kappa shape index (κ1) is 23.7. The maximum atomic E-state index is 14.5. The van der Waals surface area contributed by atoms with Gasteiger partial charge in [-0.3, -0.25) is 14.5 Å². The first-order chi connectivity index (χ1) is 16.6. The molecule has 1 aliphatic rings. The Morgan fingerprint density at radius 2 is 1.82 bits per heavy atom. The third-order valence-electron chi connectivity index (χ3n) is 5.78. The van der Waals surface area contributed by atoms with E-state index in [9.17, 15) is 14.0 Å². The van der Waals surface area contributed by atoms with E-state index in [2.05, 4.69) is 10.4 Å². The van der Waals surface area contributed by atoms with Gasteiger partial charge in [0.15, 0.2) is 5.82 Å². The van der Waals surface area contributed by atoms with Crippen molar-refractivity contribution in [3.05, 3.63) is 66.4 Å². The Morgan fingerprint density at radius 3 is 2.53 bits per heavy atom. The van der Waals surface area contributed by atoms with Gasteiger partial charge in [-0.15, -0.1) is 0 Å². The van der Waals surface area contributed by atoms with Crippen LogP contribution in [0.2, 0.25) is 0 Å². The van der Waals surface area contributed by atoms with Crippen LogP contribution in [-0.4, -0.2) is 88.9 Å². The van der Waals surface area contributed by atoms with Crippen LogP contribution in [0.4, 0.5) is 4.39 Å². The van der Waals surface area contributed by atoms with E-state index in [0.29, 0.717) is 57.3 Å². The van der Waals surface area contributed by atoms with Crippen molar-refractivity contribution in [3.63, 3.8) is 0 Å². The second-order valence-electron chi connectivity index (χ2n) is 8.10. The van der Waals surface area contributed by atoms with Crippen molar-refractivity contribution in [1.29, 1.82) is 0 Å². The molecule has 1 saturated heterocycles. The lowest BCUT2D eigenvalue weighted by Gasteiger charge is -2.34. The number of aromatic nitrogens is 3. The van der Waals surface area contributed by atoms with Crippen LogP contribution in [0.15, 0.2) is 55.0 Å². The molecule has 1 fully saturated rings. The molecule has 1 aliphatic heterocycles. The number of nitrogens with one attached hydrogen (secondary N) is 1. The molecule has 1 aromatic carbocycles. The molecule has 0 aliphatic carbocycles. The third kappa shape index (κ3) is 5.35. The first-order valence-corrected chi connectivity index (χ1v) is 11.3. The van der Waals surface area contributed by atoms with E-state index >= 15 is 0 Å². The van der Waals surface area contributed by atoms with Crippen molar-refractivity contribution >= 4 is 11.8 Å². The van der Waals surface area contributed by atoms with E-state index in [1.54, 1.807) is 47.2 Å². The molecule has 180 valence electrons. The summed E-state index contributed by atoms with van der Waals surface area (Å²) in [7, 11) is 1.63. The van der Waals surface area contributed by atoms with Gasteiger partial charge in [-0.1, -0.05) is 12.1 Å². The highest BCUT2D eigenvalue weighted by atomic mass is 19.1. The molecule has 4 rings (SSSR count). The van der Waals surface area contributed by atoms with Gasteiger partial charge in [-0.05, 0) is 30.7 Å². The lowest BCUT2D eigenvalue weighted by molar-refractivity contribution is -0.122. The van der Waals surface area contributed by atoms with Gasteiger partial charge in [0, 0.05) is 58.8 Å². The van der Waals surface area contributed by atoms with Crippen LogP contribution in [0.25, 0.3) is 11.5 Å². The summed E-state index contributed by atoms with van der Waals surface area (Å²) in [5, 5.41) is 7.24. The van der Waals surface area contributed by atoms with Crippen LogP contribution in [0.5, 0.6) is 0 Å². The van der Waals surface area contributed by atoms with Crippen LogP contribution in [0.1, 0.15) is 16.8 Å². The molecule has 0 spiro atoms. The molecule has 34 heavy (non-hydrogen) atoms. The van der Waals surface area contributed by atoms with E-state index in [0.717, 1.165) is 6.42 Å². The van der Waals surface area contributed by atoms with Crippen LogP contribution >= 0.6 is 0 Å². The van der Waals surface area contributed by atoms with Crippen molar-refractivity contribution in [3.8, 4) is 11.5 Å². The van der Waals surface area contributed by atoms with Crippen LogP contribution in [0, 0.1) is 5.82 Å². The fourth-order valence-electron chi connectivity index (χ4n) is 4.00. The standard InChI is InChI=1S/C24H29FN6O3/c1-34-16-6-9-26-22(32)18-28-12-14-30(15-13-28)24(33)19-17-27-31(21-8-3-2-7-20(21)25)23(19)29-10-4-5-11-29/h2-5,7-8,10-11,17H,6,9,12-16,18H2,1H3,(H,26,32). The van der Waals surface area contributed by atoms with Crippen molar-refractivity contribution < 1.29 is 18.7 Å². The molecule has 0 unspecified atom stereocenters. The number of hydrogen-bond acceptors (Lipinski definition) is 5. The molecule has 0 radical (unpaired) electrons. The molecule has 0 saturated carbocycles. The SMILES string of the molecule is COCCCNC(=O)CN1CCN(C(=O)c2cnn(-c3ccccc3F)c2-n2cccc2)CC1. The van der Waals surface area contributed by atoms with Crippen LogP contribution < -0.4 is 5.32 Å². The quantitative estimate of drug-likeness (QED) is 0.484. The number of carbonyl (C=O) groups excluding carboxylic acids is 2. The van der Waals surface area contributed by atoms with Crippen molar-refractivity contribution in [2.75, 3.05) is 53.0 Å². The molecule has 2 aromatic heterocycles. The van der Waals surface area contributed by atoms with E-state index in [1.807, 2.05) is 17.0 Å². The highest BCUT2D eigenvalue weighted by molar-refractivity contribution is 5.97. The highest BCUT2D eigenvalue weighted by Gasteiger charge is 2.28. The van der Waals surface area contributed by atoms with Gasteiger partial charge in [0.2, 0.25) is 5.91 Å². The summed E-state index contributed by atoms with van der Waals surface area (Å²) in [6, 6.07) is 10.0. The monoisotopic (exact) mass is 468 g/mol. The number of benzene rings is 1. The van der Waals surface area contributed by atoms with Gasteiger partial charge in [-0.2, -0.15) is 5.10 Å². The minimum Gasteiger partial charge on any atom is -0.385 e. The summed E-state index contributed by atoms with van der Waals surface area (Å²) < 4.78 is 22.7. The van der Waals surface area contributed by atoms with E-state index in [-0.39, 0.29) is 17.5 Å². The van der Waals surface area contributed by atoms with Crippen molar-refractivity contribution in [2.45, 2.75) is 6.42 Å². The maximum absolute atomic E-state index is 14.5. The smallest absolute Gasteiger partial charge is 0.259 e. The molecule has 10 heteroatoms. The molecule has 3 aromatic rings. The lowest BCUT2D eigenvalue weighted by atomic mass is 10.2. The number of nitrogens with zero attached hydrogens (tertiary/aromatic N) is 5. The van der Waals surface area contributed by atoms with Crippen molar-refractivity contribution in [2.24, 2.45) is 0 Å². The lowest BCUT2D eigenvalue weighted by Crippen LogP contribution is -2.51. The number of hydrogen-bond donors (Lipinski definition) is 1. The molecule has 2 amide bonds. The Labute approximate surface area is 197 Å². The summed E-state index contributed by atoms with van der Waals surface area (Å²) in [6.45, 7) is 3.67.